The van der Waals surface area contributed by atoms with Crippen molar-refractivity contribution in [1.82, 2.24) is 4.90 Å². The predicted octanol–water partition coefficient (Wildman–Crippen LogP) is 3.23. The van der Waals surface area contributed by atoms with Crippen LogP contribution in [0.4, 0.5) is 0 Å². The first-order valence-electron chi connectivity index (χ1n) is 7.54. The van der Waals surface area contributed by atoms with Gasteiger partial charge in [-0.05, 0) is 51.6 Å². The number of hydrogen-bond acceptors (Lipinski definition) is 3. The Morgan fingerprint density at radius 1 is 1.33 bits per heavy atom. The maximum atomic E-state index is 11.2. The summed E-state index contributed by atoms with van der Waals surface area (Å²) in [6.45, 7) is 9.47. The van der Waals surface area contributed by atoms with Crippen LogP contribution >= 0.6 is 0 Å². The highest BCUT2D eigenvalue weighted by Gasteiger charge is 2.25. The Morgan fingerprint density at radius 3 is 2.78 bits per heavy atom. The average molecular weight is 255 g/mol. The third kappa shape index (κ3) is 5.38. The van der Waals surface area contributed by atoms with Crippen LogP contribution in [-0.2, 0) is 9.53 Å². The number of carbonyl (C=O) groups is 1. The summed E-state index contributed by atoms with van der Waals surface area (Å²) < 4.78 is 4.92. The number of carbonyl (C=O) groups excluding carboxylic acids is 1. The lowest BCUT2D eigenvalue weighted by Crippen LogP contribution is -2.34. The fraction of sp³-hybridized carbons (Fsp3) is 0.933. The SMILES string of the molecule is CCOC(=O)CCCCCN1CCCC1C(C)C. The second-order valence-corrected chi connectivity index (χ2v) is 5.61. The van der Waals surface area contributed by atoms with Crippen LogP contribution in [0.15, 0.2) is 0 Å². The van der Waals surface area contributed by atoms with Crippen LogP contribution in [0, 0.1) is 5.92 Å². The van der Waals surface area contributed by atoms with Gasteiger partial charge in [-0.2, -0.15) is 0 Å². The molecule has 1 fully saturated rings. The minimum Gasteiger partial charge on any atom is -0.466 e. The lowest BCUT2D eigenvalue weighted by atomic mass is 10.0. The van der Waals surface area contributed by atoms with E-state index in [-0.39, 0.29) is 5.97 Å². The number of likely N-dealkylation sites (tertiary alicyclic amines) is 1. The second-order valence-electron chi connectivity index (χ2n) is 5.61. The van der Waals surface area contributed by atoms with Gasteiger partial charge in [-0.3, -0.25) is 4.79 Å². The Kier molecular flexibility index (Phi) is 7.33. The molecule has 0 aliphatic carbocycles. The van der Waals surface area contributed by atoms with Crippen LogP contribution in [0.2, 0.25) is 0 Å². The van der Waals surface area contributed by atoms with Gasteiger partial charge in [-0.25, -0.2) is 0 Å². The molecule has 0 spiro atoms. The Morgan fingerprint density at radius 2 is 2.11 bits per heavy atom. The van der Waals surface area contributed by atoms with E-state index >= 15 is 0 Å². The molecule has 0 bridgehead atoms. The number of nitrogens with zero attached hydrogens (tertiary/aromatic N) is 1. The molecule has 106 valence electrons. The first-order chi connectivity index (χ1) is 8.65. The molecule has 1 atom stereocenters. The van der Waals surface area contributed by atoms with Crippen molar-refractivity contribution >= 4 is 5.97 Å². The molecule has 0 amide bonds. The molecule has 1 aliphatic heterocycles. The molecule has 0 saturated carbocycles. The molecule has 1 unspecified atom stereocenters. The highest BCUT2D eigenvalue weighted by Crippen LogP contribution is 2.23. The van der Waals surface area contributed by atoms with Crippen molar-refractivity contribution in [3.8, 4) is 0 Å². The van der Waals surface area contributed by atoms with Gasteiger partial charge in [0.25, 0.3) is 0 Å². The molecular formula is C15H29NO2. The van der Waals surface area contributed by atoms with Crippen molar-refractivity contribution in [2.45, 2.75) is 65.3 Å². The second kappa shape index (κ2) is 8.52. The van der Waals surface area contributed by atoms with E-state index in [1.54, 1.807) is 0 Å². The van der Waals surface area contributed by atoms with Gasteiger partial charge >= 0.3 is 5.97 Å². The lowest BCUT2D eigenvalue weighted by molar-refractivity contribution is -0.143. The van der Waals surface area contributed by atoms with Crippen LogP contribution in [0.3, 0.4) is 0 Å². The highest BCUT2D eigenvalue weighted by molar-refractivity contribution is 5.69. The topological polar surface area (TPSA) is 29.5 Å². The molecule has 1 saturated heterocycles. The summed E-state index contributed by atoms with van der Waals surface area (Å²) in [5, 5.41) is 0. The van der Waals surface area contributed by atoms with Crippen LogP contribution in [-0.4, -0.2) is 36.6 Å². The maximum absolute atomic E-state index is 11.2. The zero-order chi connectivity index (χ0) is 13.4. The molecule has 3 nitrogen and oxygen atoms in total. The maximum Gasteiger partial charge on any atom is 0.305 e. The average Bonchev–Trinajstić information content (AvgIpc) is 2.77. The number of unbranched alkanes of at least 4 members (excludes halogenated alkanes) is 2. The molecule has 0 radical (unpaired) electrons. The van der Waals surface area contributed by atoms with E-state index < -0.39 is 0 Å². The van der Waals surface area contributed by atoms with E-state index in [4.69, 9.17) is 4.74 Å². The van der Waals surface area contributed by atoms with E-state index in [0.29, 0.717) is 13.0 Å². The van der Waals surface area contributed by atoms with Gasteiger partial charge in [-0.15, -0.1) is 0 Å². The summed E-state index contributed by atoms with van der Waals surface area (Å²) in [5.41, 5.74) is 0. The Balaban J connectivity index is 2.05. The molecule has 1 heterocycles. The smallest absolute Gasteiger partial charge is 0.305 e. The van der Waals surface area contributed by atoms with Gasteiger partial charge in [0.05, 0.1) is 6.61 Å². The van der Waals surface area contributed by atoms with Gasteiger partial charge < -0.3 is 9.64 Å². The molecule has 0 aromatic carbocycles. The number of hydrogen-bond donors (Lipinski definition) is 0. The predicted molar refractivity (Wildman–Crippen MR) is 74.5 cm³/mol. The number of esters is 1. The molecule has 0 aromatic rings. The van der Waals surface area contributed by atoms with Crippen molar-refractivity contribution < 1.29 is 9.53 Å². The molecular weight excluding hydrogens is 226 g/mol. The van der Waals surface area contributed by atoms with Crippen molar-refractivity contribution in [1.29, 1.82) is 0 Å². The van der Waals surface area contributed by atoms with E-state index in [2.05, 4.69) is 18.7 Å². The Bertz CT molecular complexity index is 241. The van der Waals surface area contributed by atoms with Crippen LogP contribution in [0.5, 0.6) is 0 Å². The van der Waals surface area contributed by atoms with Crippen molar-refractivity contribution in [3.05, 3.63) is 0 Å². The fourth-order valence-corrected chi connectivity index (χ4v) is 2.88. The minimum absolute atomic E-state index is 0.0428. The monoisotopic (exact) mass is 255 g/mol. The van der Waals surface area contributed by atoms with Crippen LogP contribution in [0.1, 0.15) is 59.3 Å². The molecule has 1 aliphatic rings. The normalized spacial score (nSPS) is 20.6. The van der Waals surface area contributed by atoms with Crippen LogP contribution < -0.4 is 0 Å². The van der Waals surface area contributed by atoms with Crippen molar-refractivity contribution in [3.63, 3.8) is 0 Å². The number of ether oxygens (including phenoxy) is 1. The Labute approximate surface area is 112 Å². The third-order valence-corrected chi connectivity index (χ3v) is 3.82. The zero-order valence-corrected chi connectivity index (χ0v) is 12.3. The molecule has 0 aromatic heterocycles. The first-order valence-corrected chi connectivity index (χ1v) is 7.54. The van der Waals surface area contributed by atoms with Gasteiger partial charge in [0.15, 0.2) is 0 Å². The van der Waals surface area contributed by atoms with Crippen molar-refractivity contribution in [2.75, 3.05) is 19.7 Å². The van der Waals surface area contributed by atoms with Crippen LogP contribution in [0.25, 0.3) is 0 Å². The number of rotatable bonds is 8. The summed E-state index contributed by atoms with van der Waals surface area (Å²) in [6, 6.07) is 0.787. The highest BCUT2D eigenvalue weighted by atomic mass is 16.5. The van der Waals surface area contributed by atoms with Gasteiger partial charge in [0.2, 0.25) is 0 Å². The summed E-state index contributed by atoms with van der Waals surface area (Å²) in [4.78, 5) is 13.8. The quantitative estimate of drug-likeness (QED) is 0.492. The largest absolute Gasteiger partial charge is 0.466 e. The molecule has 3 heteroatoms. The van der Waals surface area contributed by atoms with Gasteiger partial charge in [0.1, 0.15) is 0 Å². The summed E-state index contributed by atoms with van der Waals surface area (Å²) in [7, 11) is 0. The standard InChI is InChI=1S/C15H29NO2/c1-4-18-15(17)10-6-5-7-11-16-12-8-9-14(16)13(2)3/h13-14H,4-12H2,1-3H3. The molecule has 1 rings (SSSR count). The summed E-state index contributed by atoms with van der Waals surface area (Å²) in [5.74, 6) is 0.728. The van der Waals surface area contributed by atoms with Crippen molar-refractivity contribution in [2.24, 2.45) is 5.92 Å². The van der Waals surface area contributed by atoms with Gasteiger partial charge in [0, 0.05) is 12.5 Å². The van der Waals surface area contributed by atoms with E-state index in [9.17, 15) is 4.79 Å². The Hall–Kier alpha value is -0.570. The first kappa shape index (κ1) is 15.5. The fourth-order valence-electron chi connectivity index (χ4n) is 2.88. The molecule has 18 heavy (non-hydrogen) atoms. The van der Waals surface area contributed by atoms with Gasteiger partial charge in [-0.1, -0.05) is 20.3 Å². The minimum atomic E-state index is -0.0428. The van der Waals surface area contributed by atoms with E-state index in [1.807, 2.05) is 6.92 Å². The van der Waals surface area contributed by atoms with E-state index in [1.165, 1.54) is 32.4 Å². The third-order valence-electron chi connectivity index (χ3n) is 3.82. The molecule has 0 N–H and O–H groups in total. The zero-order valence-electron chi connectivity index (χ0n) is 12.3. The summed E-state index contributed by atoms with van der Waals surface area (Å²) >= 11 is 0. The lowest BCUT2D eigenvalue weighted by Gasteiger charge is -2.27. The summed E-state index contributed by atoms with van der Waals surface area (Å²) in [6.07, 6.45) is 6.62. The van der Waals surface area contributed by atoms with E-state index in [0.717, 1.165) is 24.8 Å².